The maximum absolute atomic E-state index is 12.7. The molecule has 0 spiro atoms. The minimum Gasteiger partial charge on any atom is -0.467 e. The van der Waals surface area contributed by atoms with E-state index in [1.54, 1.807) is 0 Å². The normalized spacial score (nSPS) is 13.3. The number of nitrogens with two attached hydrogens (primary N) is 1. The minimum absolute atomic E-state index is 0.186. The Morgan fingerprint density at radius 3 is 2.43 bits per heavy atom. The number of hydrogen-bond donors (Lipinski definition) is 2. The fourth-order valence-corrected chi connectivity index (χ4v) is 1.97. The van der Waals surface area contributed by atoms with Crippen molar-refractivity contribution in [3.05, 3.63) is 35.4 Å². The van der Waals surface area contributed by atoms with Crippen LogP contribution in [0.1, 0.15) is 37.4 Å². The van der Waals surface area contributed by atoms with Crippen LogP contribution in [0.4, 0.5) is 13.2 Å². The summed E-state index contributed by atoms with van der Waals surface area (Å²) in [7, 11) is 1.19. The number of benzene rings is 1. The van der Waals surface area contributed by atoms with Gasteiger partial charge in [-0.3, -0.25) is 4.79 Å². The zero-order chi connectivity index (χ0) is 17.8. The Morgan fingerprint density at radius 2 is 1.91 bits per heavy atom. The molecule has 1 aromatic carbocycles. The van der Waals surface area contributed by atoms with Crippen molar-refractivity contribution in [2.24, 2.45) is 5.73 Å². The van der Waals surface area contributed by atoms with E-state index >= 15 is 0 Å². The summed E-state index contributed by atoms with van der Waals surface area (Å²) in [5, 5.41) is 2.44. The highest BCUT2D eigenvalue weighted by atomic mass is 19.4. The number of nitrogens with one attached hydrogen (secondary N) is 1. The van der Waals surface area contributed by atoms with Crippen molar-refractivity contribution in [1.29, 1.82) is 0 Å². The molecule has 0 saturated heterocycles. The molecule has 3 N–H and O–H groups in total. The van der Waals surface area contributed by atoms with Crippen LogP contribution in [0.2, 0.25) is 0 Å². The van der Waals surface area contributed by atoms with E-state index in [1.165, 1.54) is 33.1 Å². The molecule has 0 fully saturated rings. The third-order valence-corrected chi connectivity index (χ3v) is 3.20. The Kier molecular flexibility index (Phi) is 5.76. The smallest absolute Gasteiger partial charge is 0.416 e. The molecule has 0 aliphatic carbocycles. The monoisotopic (exact) mass is 332 g/mol. The third kappa shape index (κ3) is 5.24. The summed E-state index contributed by atoms with van der Waals surface area (Å²) in [4.78, 5) is 23.4. The van der Waals surface area contributed by atoms with Gasteiger partial charge < -0.3 is 15.8 Å². The second-order valence-electron chi connectivity index (χ2n) is 5.60. The first-order chi connectivity index (χ1) is 10.5. The Morgan fingerprint density at radius 1 is 1.30 bits per heavy atom. The van der Waals surface area contributed by atoms with E-state index < -0.39 is 35.2 Å². The van der Waals surface area contributed by atoms with E-state index in [0.29, 0.717) is 0 Å². The zero-order valence-electron chi connectivity index (χ0n) is 13.0. The van der Waals surface area contributed by atoms with Crippen LogP contribution in [0.25, 0.3) is 0 Å². The fraction of sp³-hybridized carbons (Fsp3) is 0.467. The van der Waals surface area contributed by atoms with Crippen LogP contribution in [0.15, 0.2) is 24.3 Å². The van der Waals surface area contributed by atoms with E-state index in [2.05, 4.69) is 10.1 Å². The van der Waals surface area contributed by atoms with E-state index in [4.69, 9.17) is 5.73 Å². The van der Waals surface area contributed by atoms with Gasteiger partial charge in [-0.25, -0.2) is 4.79 Å². The van der Waals surface area contributed by atoms with Crippen molar-refractivity contribution in [3.63, 3.8) is 0 Å². The number of hydrogen-bond acceptors (Lipinski definition) is 4. The van der Waals surface area contributed by atoms with Gasteiger partial charge >= 0.3 is 12.1 Å². The number of rotatable bonds is 5. The lowest BCUT2D eigenvalue weighted by Crippen LogP contribution is -2.50. The van der Waals surface area contributed by atoms with Crippen LogP contribution in [-0.2, 0) is 20.5 Å². The van der Waals surface area contributed by atoms with Crippen molar-refractivity contribution in [1.82, 2.24) is 5.32 Å². The molecule has 0 aliphatic heterocycles. The Labute approximate surface area is 132 Å². The first-order valence-electron chi connectivity index (χ1n) is 6.79. The summed E-state index contributed by atoms with van der Waals surface area (Å²) in [5.74, 6) is -1.20. The van der Waals surface area contributed by atoms with Gasteiger partial charge in [0.2, 0.25) is 5.91 Å². The number of methoxy groups -OCH3 is 1. The summed E-state index contributed by atoms with van der Waals surface area (Å²) >= 11 is 0. The third-order valence-electron chi connectivity index (χ3n) is 3.20. The van der Waals surface area contributed by atoms with E-state index in [9.17, 15) is 22.8 Å². The van der Waals surface area contributed by atoms with Gasteiger partial charge in [-0.05, 0) is 31.5 Å². The predicted octanol–water partition coefficient (Wildman–Crippen LogP) is 2.16. The van der Waals surface area contributed by atoms with Crippen LogP contribution in [0, 0.1) is 0 Å². The summed E-state index contributed by atoms with van der Waals surface area (Å²) in [6, 6.07) is 3.55. The average molecular weight is 332 g/mol. The summed E-state index contributed by atoms with van der Waals surface area (Å²) in [5.41, 5.74) is 3.89. The molecule has 1 atom stereocenters. The van der Waals surface area contributed by atoms with Gasteiger partial charge in [-0.15, -0.1) is 0 Å². The van der Waals surface area contributed by atoms with Crippen LogP contribution < -0.4 is 11.1 Å². The number of amides is 1. The number of carbonyl (C=O) groups excluding carboxylic acids is 2. The number of alkyl halides is 3. The summed E-state index contributed by atoms with van der Waals surface area (Å²) < 4.78 is 42.6. The highest BCUT2D eigenvalue weighted by Gasteiger charge is 2.32. The lowest BCUT2D eigenvalue weighted by molar-refractivity contribution is -0.149. The van der Waals surface area contributed by atoms with Crippen molar-refractivity contribution < 1.29 is 27.5 Å². The molecule has 0 saturated carbocycles. The molecular weight excluding hydrogens is 313 g/mol. The van der Waals surface area contributed by atoms with Gasteiger partial charge in [0.05, 0.1) is 12.7 Å². The van der Waals surface area contributed by atoms with Crippen LogP contribution >= 0.6 is 0 Å². The zero-order valence-corrected chi connectivity index (χ0v) is 13.0. The van der Waals surface area contributed by atoms with Crippen molar-refractivity contribution in [2.75, 3.05) is 7.11 Å². The van der Waals surface area contributed by atoms with Gasteiger partial charge in [-0.2, -0.15) is 13.2 Å². The van der Waals surface area contributed by atoms with Crippen LogP contribution in [0.3, 0.4) is 0 Å². The molecule has 0 aliphatic rings. The van der Waals surface area contributed by atoms with Gasteiger partial charge in [0.25, 0.3) is 0 Å². The number of ether oxygens (including phenoxy) is 1. The Balaban J connectivity index is 2.78. The minimum atomic E-state index is -4.48. The molecule has 128 valence electrons. The second kappa shape index (κ2) is 6.99. The Hall–Kier alpha value is -2.09. The molecule has 1 unspecified atom stereocenters. The SMILES string of the molecule is COC(=O)C(C)(C)NC(=O)CC(N)c1cccc(C(F)(F)F)c1. The highest BCUT2D eigenvalue weighted by Crippen LogP contribution is 2.30. The molecule has 1 aromatic rings. The fourth-order valence-electron chi connectivity index (χ4n) is 1.97. The molecule has 23 heavy (non-hydrogen) atoms. The quantitative estimate of drug-likeness (QED) is 0.810. The summed E-state index contributed by atoms with van der Waals surface area (Å²) in [6.07, 6.45) is -4.74. The number of halogens is 3. The first-order valence-corrected chi connectivity index (χ1v) is 6.79. The van der Waals surface area contributed by atoms with Gasteiger partial charge in [-0.1, -0.05) is 12.1 Å². The van der Waals surface area contributed by atoms with Crippen LogP contribution in [0.5, 0.6) is 0 Å². The Bertz CT molecular complexity index is 586. The molecule has 1 amide bonds. The first kappa shape index (κ1) is 19.0. The summed E-state index contributed by atoms with van der Waals surface area (Å²) in [6.45, 7) is 2.90. The maximum Gasteiger partial charge on any atom is 0.416 e. The van der Waals surface area contributed by atoms with Crippen molar-refractivity contribution in [3.8, 4) is 0 Å². The van der Waals surface area contributed by atoms with E-state index in [0.717, 1.165) is 12.1 Å². The maximum atomic E-state index is 12.7. The molecule has 0 bridgehead atoms. The molecule has 0 radical (unpaired) electrons. The predicted molar refractivity (Wildman–Crippen MR) is 77.2 cm³/mol. The topological polar surface area (TPSA) is 81.4 Å². The van der Waals surface area contributed by atoms with E-state index in [1.807, 2.05) is 0 Å². The highest BCUT2D eigenvalue weighted by molar-refractivity contribution is 5.87. The molecular formula is C15H19F3N2O3. The van der Waals surface area contributed by atoms with E-state index in [-0.39, 0.29) is 12.0 Å². The average Bonchev–Trinajstić information content (AvgIpc) is 2.44. The molecule has 0 heterocycles. The molecule has 1 rings (SSSR count). The lowest BCUT2D eigenvalue weighted by Gasteiger charge is -2.24. The second-order valence-corrected chi connectivity index (χ2v) is 5.60. The van der Waals surface area contributed by atoms with Gasteiger partial charge in [0.1, 0.15) is 5.54 Å². The molecule has 8 heteroatoms. The number of esters is 1. The number of carbonyl (C=O) groups is 2. The van der Waals surface area contributed by atoms with Crippen LogP contribution in [-0.4, -0.2) is 24.5 Å². The standard InChI is InChI=1S/C15H19F3N2O3/c1-14(2,13(22)23-3)20-12(21)8-11(19)9-5-4-6-10(7-9)15(16,17)18/h4-7,11H,8,19H2,1-3H3,(H,20,21). The van der Waals surface area contributed by atoms with Gasteiger partial charge in [0.15, 0.2) is 0 Å². The lowest BCUT2D eigenvalue weighted by atomic mass is 10.00. The molecule has 0 aromatic heterocycles. The van der Waals surface area contributed by atoms with Crippen molar-refractivity contribution >= 4 is 11.9 Å². The van der Waals surface area contributed by atoms with Crippen molar-refractivity contribution in [2.45, 2.75) is 38.0 Å². The molecule has 5 nitrogen and oxygen atoms in total. The largest absolute Gasteiger partial charge is 0.467 e. The van der Waals surface area contributed by atoms with Gasteiger partial charge in [0, 0.05) is 12.5 Å².